The zero-order chi connectivity index (χ0) is 21.6. The third-order valence-corrected chi connectivity index (χ3v) is 6.02. The molecule has 1 fully saturated rings. The third-order valence-electron chi connectivity index (χ3n) is 6.02. The summed E-state index contributed by atoms with van der Waals surface area (Å²) in [7, 11) is 1.64. The fourth-order valence-electron chi connectivity index (χ4n) is 4.31. The van der Waals surface area contributed by atoms with E-state index in [4.69, 9.17) is 9.84 Å². The summed E-state index contributed by atoms with van der Waals surface area (Å²) in [6.07, 6.45) is 4.39. The number of aliphatic carboxylic acids is 1. The van der Waals surface area contributed by atoms with E-state index in [-0.39, 0.29) is 0 Å². The number of carboxylic acids is 1. The van der Waals surface area contributed by atoms with E-state index in [9.17, 15) is 4.79 Å². The van der Waals surface area contributed by atoms with Crippen LogP contribution < -0.4 is 10.1 Å². The molecule has 0 aliphatic heterocycles. The van der Waals surface area contributed by atoms with E-state index in [1.807, 2.05) is 36.4 Å². The predicted octanol–water partition coefficient (Wildman–Crippen LogP) is 5.64. The topological polar surface area (TPSA) is 84.3 Å². The van der Waals surface area contributed by atoms with Gasteiger partial charge in [-0.3, -0.25) is 4.79 Å². The summed E-state index contributed by atoms with van der Waals surface area (Å²) in [4.78, 5) is 10.9. The lowest BCUT2D eigenvalue weighted by Crippen LogP contribution is -2.16. The fraction of sp³-hybridized carbons (Fsp3) is 0.320. The van der Waals surface area contributed by atoms with Crippen LogP contribution in [0.3, 0.4) is 0 Å². The lowest BCUT2D eigenvalue weighted by atomic mass is 9.77. The van der Waals surface area contributed by atoms with Crippen molar-refractivity contribution >= 4 is 17.5 Å². The Morgan fingerprint density at radius 2 is 1.74 bits per heavy atom. The summed E-state index contributed by atoms with van der Waals surface area (Å²) in [5, 5.41) is 20.9. The number of nitrogens with one attached hydrogen (secondary N) is 1. The van der Waals surface area contributed by atoms with Crippen LogP contribution in [0, 0.1) is 5.92 Å². The van der Waals surface area contributed by atoms with Crippen molar-refractivity contribution < 1.29 is 14.6 Å². The molecular weight excluding hydrogens is 390 g/mol. The number of aromatic nitrogens is 2. The van der Waals surface area contributed by atoms with E-state index in [1.165, 1.54) is 5.56 Å². The predicted molar refractivity (Wildman–Crippen MR) is 121 cm³/mol. The number of rotatable bonds is 7. The van der Waals surface area contributed by atoms with Crippen molar-refractivity contribution in [2.45, 2.75) is 38.0 Å². The zero-order valence-corrected chi connectivity index (χ0v) is 17.6. The number of carbonyl (C=O) groups is 1. The van der Waals surface area contributed by atoms with Gasteiger partial charge in [0.25, 0.3) is 0 Å². The van der Waals surface area contributed by atoms with Gasteiger partial charge in [0.15, 0.2) is 5.82 Å². The van der Waals surface area contributed by atoms with Crippen LogP contribution in [0.25, 0.3) is 11.3 Å². The van der Waals surface area contributed by atoms with Crippen LogP contribution in [0.2, 0.25) is 0 Å². The van der Waals surface area contributed by atoms with Crippen molar-refractivity contribution in [2.24, 2.45) is 5.92 Å². The molecular formula is C25H27N3O3. The first-order chi connectivity index (χ1) is 15.1. The second-order valence-electron chi connectivity index (χ2n) is 8.07. The molecule has 0 amide bonds. The van der Waals surface area contributed by atoms with Crippen LogP contribution >= 0.6 is 0 Å². The number of nitrogens with zero attached hydrogens (tertiary/aromatic N) is 2. The summed E-state index contributed by atoms with van der Waals surface area (Å²) in [6, 6.07) is 20.1. The smallest absolute Gasteiger partial charge is 0.303 e. The van der Waals surface area contributed by atoms with E-state index in [2.05, 4.69) is 39.8 Å². The first kappa shape index (κ1) is 20.8. The van der Waals surface area contributed by atoms with Crippen LogP contribution in [0.5, 0.6) is 5.75 Å². The number of ether oxygens (including phenoxy) is 1. The molecule has 0 spiro atoms. The maximum Gasteiger partial charge on any atom is 0.303 e. The minimum atomic E-state index is -0.682. The van der Waals surface area contributed by atoms with E-state index < -0.39 is 5.97 Å². The highest BCUT2D eigenvalue weighted by atomic mass is 16.5. The van der Waals surface area contributed by atoms with Crippen LogP contribution in [-0.4, -0.2) is 28.4 Å². The third kappa shape index (κ3) is 5.20. The number of hydrogen-bond acceptors (Lipinski definition) is 5. The molecule has 1 aliphatic rings. The van der Waals surface area contributed by atoms with Crippen molar-refractivity contribution in [3.63, 3.8) is 0 Å². The summed E-state index contributed by atoms with van der Waals surface area (Å²) in [5.74, 6) is 1.56. The molecule has 31 heavy (non-hydrogen) atoms. The SMILES string of the molecule is COc1ccccc1Nc1ccc(-c2ccc(C3CCC(CC(=O)O)CC3)cc2)nn1. The Bertz CT molecular complexity index is 1010. The first-order valence-corrected chi connectivity index (χ1v) is 10.7. The van der Waals surface area contributed by atoms with Gasteiger partial charge in [0, 0.05) is 12.0 Å². The molecule has 160 valence electrons. The highest BCUT2D eigenvalue weighted by Gasteiger charge is 2.24. The number of anilines is 2. The molecule has 6 nitrogen and oxygen atoms in total. The second-order valence-corrected chi connectivity index (χ2v) is 8.07. The van der Waals surface area contributed by atoms with Gasteiger partial charge >= 0.3 is 5.97 Å². The number of hydrogen-bond donors (Lipinski definition) is 2. The standard InChI is InChI=1S/C25H27N3O3/c1-31-23-5-3-2-4-22(23)26-24-15-14-21(27-28-24)20-12-10-19(11-13-20)18-8-6-17(7-9-18)16-25(29)30/h2-5,10-15,17-18H,6-9,16H2,1H3,(H,26,28)(H,29,30). The lowest BCUT2D eigenvalue weighted by Gasteiger charge is -2.28. The van der Waals surface area contributed by atoms with E-state index in [0.717, 1.165) is 48.4 Å². The van der Waals surface area contributed by atoms with Crippen LogP contribution in [-0.2, 0) is 4.79 Å². The van der Waals surface area contributed by atoms with Crippen molar-refractivity contribution in [2.75, 3.05) is 12.4 Å². The van der Waals surface area contributed by atoms with Crippen molar-refractivity contribution in [3.8, 4) is 17.0 Å². The quantitative estimate of drug-likeness (QED) is 0.517. The van der Waals surface area contributed by atoms with Gasteiger partial charge in [-0.25, -0.2) is 0 Å². The van der Waals surface area contributed by atoms with Crippen LogP contribution in [0.4, 0.5) is 11.5 Å². The molecule has 0 unspecified atom stereocenters. The zero-order valence-electron chi connectivity index (χ0n) is 17.6. The lowest BCUT2D eigenvalue weighted by molar-refractivity contribution is -0.138. The summed E-state index contributed by atoms with van der Waals surface area (Å²) < 4.78 is 5.36. The molecule has 1 heterocycles. The van der Waals surface area contributed by atoms with Crippen LogP contribution in [0.1, 0.15) is 43.6 Å². The maximum absolute atomic E-state index is 10.9. The maximum atomic E-state index is 10.9. The summed E-state index contributed by atoms with van der Waals surface area (Å²) in [6.45, 7) is 0. The van der Waals surface area contributed by atoms with E-state index in [0.29, 0.717) is 24.1 Å². The van der Waals surface area contributed by atoms with Gasteiger partial charge in [0.05, 0.1) is 18.5 Å². The van der Waals surface area contributed by atoms with Crippen molar-refractivity contribution in [1.82, 2.24) is 10.2 Å². The molecule has 6 heteroatoms. The van der Waals surface area contributed by atoms with E-state index >= 15 is 0 Å². The second kappa shape index (κ2) is 9.60. The molecule has 0 radical (unpaired) electrons. The number of carboxylic acid groups (broad SMARTS) is 1. The molecule has 0 bridgehead atoms. The van der Waals surface area contributed by atoms with Crippen molar-refractivity contribution in [3.05, 3.63) is 66.2 Å². The summed E-state index contributed by atoms with van der Waals surface area (Å²) in [5.41, 5.74) is 4.01. The van der Waals surface area contributed by atoms with Gasteiger partial charge < -0.3 is 15.2 Å². The molecule has 4 rings (SSSR count). The molecule has 2 aromatic carbocycles. The van der Waals surface area contributed by atoms with Crippen LogP contribution in [0.15, 0.2) is 60.7 Å². The molecule has 1 aliphatic carbocycles. The largest absolute Gasteiger partial charge is 0.495 e. The average molecular weight is 418 g/mol. The normalized spacial score (nSPS) is 18.4. The Morgan fingerprint density at radius 3 is 2.39 bits per heavy atom. The molecule has 1 aromatic heterocycles. The minimum absolute atomic E-state index is 0.298. The molecule has 3 aromatic rings. The Labute approximate surface area is 182 Å². The summed E-state index contributed by atoms with van der Waals surface area (Å²) >= 11 is 0. The van der Waals surface area contributed by atoms with Gasteiger partial charge in [0.2, 0.25) is 0 Å². The Kier molecular flexibility index (Phi) is 6.46. The monoisotopic (exact) mass is 417 g/mol. The number of methoxy groups -OCH3 is 1. The molecule has 0 saturated heterocycles. The average Bonchev–Trinajstić information content (AvgIpc) is 2.80. The number of para-hydroxylation sites is 2. The van der Waals surface area contributed by atoms with Gasteiger partial charge in [-0.2, -0.15) is 0 Å². The number of benzene rings is 2. The Morgan fingerprint density at radius 1 is 1.00 bits per heavy atom. The van der Waals surface area contributed by atoms with Gasteiger partial charge in [-0.15, -0.1) is 10.2 Å². The fourth-order valence-corrected chi connectivity index (χ4v) is 4.31. The molecule has 2 N–H and O–H groups in total. The Hall–Kier alpha value is -3.41. The van der Waals surface area contributed by atoms with Gasteiger partial charge in [0.1, 0.15) is 5.75 Å². The van der Waals surface area contributed by atoms with Crippen molar-refractivity contribution in [1.29, 1.82) is 0 Å². The Balaban J connectivity index is 1.39. The first-order valence-electron chi connectivity index (χ1n) is 10.7. The molecule has 0 atom stereocenters. The highest BCUT2D eigenvalue weighted by molar-refractivity contribution is 5.67. The molecule has 1 saturated carbocycles. The minimum Gasteiger partial charge on any atom is -0.495 e. The highest BCUT2D eigenvalue weighted by Crippen LogP contribution is 2.37. The van der Waals surface area contributed by atoms with Gasteiger partial charge in [-0.1, -0.05) is 36.4 Å². The van der Waals surface area contributed by atoms with E-state index in [1.54, 1.807) is 7.11 Å². The van der Waals surface area contributed by atoms with Gasteiger partial charge in [-0.05, 0) is 67.3 Å².